The normalized spacial score (nSPS) is 16.6. The van der Waals surface area contributed by atoms with E-state index in [0.717, 1.165) is 99.7 Å². The van der Waals surface area contributed by atoms with E-state index in [9.17, 15) is 5.11 Å². The number of hydrogen-bond donors (Lipinski definition) is 1. The van der Waals surface area contributed by atoms with Crippen molar-refractivity contribution in [3.05, 3.63) is 93.3 Å². The van der Waals surface area contributed by atoms with Crippen molar-refractivity contribution < 1.29 is 5.11 Å². The standard InChI is InChI=1S/C35H42N4OS3/c1-2-3-14-32-34(42-43-35(32)41)27-23-28(25-36-15-19-38(20-16-36)30-10-6-4-7-11-30)33(40)29(24-27)26-37-17-21-39(22-18-37)31-12-8-5-9-13-31/h4-13,23-24,40H,2-3,14-22,25-26H2,1H3. The van der Waals surface area contributed by atoms with Crippen LogP contribution in [0.4, 0.5) is 11.4 Å². The van der Waals surface area contributed by atoms with Crippen LogP contribution in [-0.2, 0) is 19.5 Å². The predicted octanol–water partition coefficient (Wildman–Crippen LogP) is 7.90. The van der Waals surface area contributed by atoms with Gasteiger partial charge in [-0.25, -0.2) is 0 Å². The first-order valence-corrected chi connectivity index (χ1v) is 18.2. The van der Waals surface area contributed by atoms with Crippen molar-refractivity contribution in [2.45, 2.75) is 39.3 Å². The number of aromatic hydroxyl groups is 1. The van der Waals surface area contributed by atoms with Crippen LogP contribution < -0.4 is 9.80 Å². The highest BCUT2D eigenvalue weighted by Crippen LogP contribution is 2.39. The van der Waals surface area contributed by atoms with Gasteiger partial charge in [-0.3, -0.25) is 9.80 Å². The Morgan fingerprint density at radius 3 is 1.65 bits per heavy atom. The molecule has 0 bridgehead atoms. The summed E-state index contributed by atoms with van der Waals surface area (Å²) < 4.78 is 1.03. The lowest BCUT2D eigenvalue weighted by Crippen LogP contribution is -2.46. The van der Waals surface area contributed by atoms with E-state index in [1.54, 1.807) is 20.7 Å². The summed E-state index contributed by atoms with van der Waals surface area (Å²) in [6, 6.07) is 25.9. The van der Waals surface area contributed by atoms with Gasteiger partial charge in [0.2, 0.25) is 0 Å². The van der Waals surface area contributed by atoms with Crippen molar-refractivity contribution in [2.75, 3.05) is 62.2 Å². The third-order valence-corrected chi connectivity index (χ3v) is 12.0. The van der Waals surface area contributed by atoms with Crippen LogP contribution in [0.2, 0.25) is 0 Å². The largest absolute Gasteiger partial charge is 0.507 e. The number of unbranched alkanes of at least 4 members (excludes halogenated alkanes) is 1. The molecule has 2 aliphatic heterocycles. The summed E-state index contributed by atoms with van der Waals surface area (Å²) >= 11 is 5.80. The molecule has 0 saturated carbocycles. The number of para-hydroxylation sites is 2. The van der Waals surface area contributed by atoms with E-state index in [-0.39, 0.29) is 0 Å². The second kappa shape index (κ2) is 14.4. The molecule has 0 aliphatic carbocycles. The summed E-state index contributed by atoms with van der Waals surface area (Å²) in [6.07, 6.45) is 3.33. The Bertz CT molecular complexity index is 1440. The van der Waals surface area contributed by atoms with E-state index in [1.165, 1.54) is 27.4 Å². The molecule has 3 aromatic carbocycles. The summed E-state index contributed by atoms with van der Waals surface area (Å²) in [5.74, 6) is 0.466. The minimum atomic E-state index is 0.466. The van der Waals surface area contributed by atoms with Gasteiger partial charge < -0.3 is 14.9 Å². The molecular weight excluding hydrogens is 589 g/mol. The fourth-order valence-electron chi connectivity index (χ4n) is 6.28. The Labute approximate surface area is 269 Å². The van der Waals surface area contributed by atoms with E-state index >= 15 is 0 Å². The minimum Gasteiger partial charge on any atom is -0.507 e. The number of rotatable bonds is 10. The van der Waals surface area contributed by atoms with Crippen LogP contribution in [0, 0.1) is 3.82 Å². The summed E-state index contributed by atoms with van der Waals surface area (Å²) in [5.41, 5.74) is 7.20. The van der Waals surface area contributed by atoms with Crippen molar-refractivity contribution in [1.82, 2.24) is 9.80 Å². The molecule has 1 aromatic heterocycles. The van der Waals surface area contributed by atoms with Crippen molar-refractivity contribution in [1.29, 1.82) is 0 Å². The average molecular weight is 631 g/mol. The molecule has 5 nitrogen and oxygen atoms in total. The van der Waals surface area contributed by atoms with Gasteiger partial charge in [0.15, 0.2) is 0 Å². The van der Waals surface area contributed by atoms with E-state index in [4.69, 9.17) is 12.2 Å². The molecule has 226 valence electrons. The summed E-state index contributed by atoms with van der Waals surface area (Å²) in [6.45, 7) is 11.7. The fraction of sp³-hybridized carbons (Fsp3) is 0.400. The molecule has 2 saturated heterocycles. The van der Waals surface area contributed by atoms with Crippen LogP contribution in [-0.4, -0.2) is 67.3 Å². The molecule has 2 fully saturated rings. The molecule has 8 heteroatoms. The number of phenolic OH excluding ortho intramolecular Hbond substituents is 1. The molecule has 43 heavy (non-hydrogen) atoms. The lowest BCUT2D eigenvalue weighted by Gasteiger charge is -2.37. The van der Waals surface area contributed by atoms with Gasteiger partial charge >= 0.3 is 0 Å². The second-order valence-corrected chi connectivity index (χ2v) is 14.5. The highest BCUT2D eigenvalue weighted by atomic mass is 32.9. The molecule has 0 atom stereocenters. The topological polar surface area (TPSA) is 33.2 Å². The van der Waals surface area contributed by atoms with Crippen LogP contribution in [0.3, 0.4) is 0 Å². The van der Waals surface area contributed by atoms with Gasteiger partial charge in [0.05, 0.1) is 4.88 Å². The van der Waals surface area contributed by atoms with Crippen molar-refractivity contribution >= 4 is 44.3 Å². The maximum Gasteiger partial charge on any atom is 0.124 e. The van der Waals surface area contributed by atoms with Crippen LogP contribution in [0.1, 0.15) is 36.5 Å². The first-order valence-electron chi connectivity index (χ1n) is 15.6. The fourth-order valence-corrected chi connectivity index (χ4v) is 9.28. The van der Waals surface area contributed by atoms with E-state index in [1.807, 2.05) is 0 Å². The molecule has 0 amide bonds. The van der Waals surface area contributed by atoms with E-state index in [0.29, 0.717) is 5.75 Å². The average Bonchev–Trinajstić information content (AvgIpc) is 3.43. The second-order valence-electron chi connectivity index (χ2n) is 11.7. The molecule has 3 heterocycles. The van der Waals surface area contributed by atoms with Crippen molar-refractivity contribution in [3.63, 3.8) is 0 Å². The molecule has 0 spiro atoms. The number of anilines is 2. The third kappa shape index (κ3) is 7.32. The van der Waals surface area contributed by atoms with Gasteiger partial charge in [-0.15, -0.1) is 0 Å². The number of nitrogens with zero attached hydrogens (tertiary/aromatic N) is 4. The smallest absolute Gasteiger partial charge is 0.124 e. The van der Waals surface area contributed by atoms with Crippen LogP contribution in [0.5, 0.6) is 5.75 Å². The molecule has 0 unspecified atom stereocenters. The Morgan fingerprint density at radius 1 is 0.698 bits per heavy atom. The zero-order valence-corrected chi connectivity index (χ0v) is 27.5. The lowest BCUT2D eigenvalue weighted by atomic mass is 9.98. The Morgan fingerprint density at radius 2 is 1.19 bits per heavy atom. The van der Waals surface area contributed by atoms with Crippen molar-refractivity contribution in [3.8, 4) is 16.2 Å². The van der Waals surface area contributed by atoms with E-state index < -0.39 is 0 Å². The van der Waals surface area contributed by atoms with Crippen LogP contribution in [0.25, 0.3) is 10.4 Å². The highest BCUT2D eigenvalue weighted by Gasteiger charge is 2.23. The Hall–Kier alpha value is -2.75. The zero-order chi connectivity index (χ0) is 29.6. The number of phenols is 1. The van der Waals surface area contributed by atoms with Crippen molar-refractivity contribution in [2.24, 2.45) is 0 Å². The van der Waals surface area contributed by atoms with Gasteiger partial charge in [-0.2, -0.15) is 0 Å². The quantitative estimate of drug-likeness (QED) is 0.142. The Kier molecular flexibility index (Phi) is 10.1. The maximum absolute atomic E-state index is 11.7. The molecule has 6 rings (SSSR count). The van der Waals surface area contributed by atoms with Crippen LogP contribution >= 0.6 is 32.9 Å². The molecule has 0 radical (unpaired) electrons. The zero-order valence-electron chi connectivity index (χ0n) is 25.1. The number of piperazine rings is 2. The molecule has 2 aliphatic rings. The SMILES string of the molecule is CCCCc1c(-c2cc(CN3CCN(c4ccccc4)CC3)c(O)c(CN3CCN(c4ccccc4)CC3)c2)ssc1=S. The first kappa shape index (κ1) is 30.3. The van der Waals surface area contributed by atoms with Gasteiger partial charge in [0.1, 0.15) is 9.57 Å². The van der Waals surface area contributed by atoms with Crippen LogP contribution in [0.15, 0.2) is 72.8 Å². The third-order valence-electron chi connectivity index (χ3n) is 8.81. The van der Waals surface area contributed by atoms with Gasteiger partial charge in [0.25, 0.3) is 0 Å². The molecule has 1 N–H and O–H groups in total. The number of hydrogen-bond acceptors (Lipinski definition) is 8. The lowest BCUT2D eigenvalue weighted by molar-refractivity contribution is 0.240. The minimum absolute atomic E-state index is 0.466. The predicted molar refractivity (Wildman–Crippen MR) is 187 cm³/mol. The van der Waals surface area contributed by atoms with Gasteiger partial charge in [-0.05, 0) is 60.4 Å². The summed E-state index contributed by atoms with van der Waals surface area (Å²) in [7, 11) is 3.53. The maximum atomic E-state index is 11.7. The van der Waals surface area contributed by atoms with E-state index in [2.05, 4.69) is 99.3 Å². The molecule has 4 aromatic rings. The molecular formula is C35H42N4OS3. The number of benzene rings is 3. The summed E-state index contributed by atoms with van der Waals surface area (Å²) in [5, 5.41) is 11.7. The first-order chi connectivity index (χ1) is 21.1. The van der Waals surface area contributed by atoms with Gasteiger partial charge in [-0.1, -0.05) is 82.6 Å². The monoisotopic (exact) mass is 630 g/mol. The van der Waals surface area contributed by atoms with Gasteiger partial charge in [0, 0.05) is 87.9 Å². The summed E-state index contributed by atoms with van der Waals surface area (Å²) in [4.78, 5) is 11.2. The Balaban J connectivity index is 1.22. The highest BCUT2D eigenvalue weighted by molar-refractivity contribution is 7.80.